The van der Waals surface area contributed by atoms with Gasteiger partial charge >= 0.3 is 0 Å². The van der Waals surface area contributed by atoms with Gasteiger partial charge in [0.15, 0.2) is 0 Å². The molecular formula is C26H25N5O3S. The predicted octanol–water partition coefficient (Wildman–Crippen LogP) is 4.01. The minimum absolute atomic E-state index is 0.00894. The van der Waals surface area contributed by atoms with E-state index in [1.54, 1.807) is 50.4 Å². The molecule has 8 nitrogen and oxygen atoms in total. The number of hydrogen-bond acceptors (Lipinski definition) is 6. The van der Waals surface area contributed by atoms with Gasteiger partial charge < -0.3 is 15.5 Å². The standard InChI is InChI=1S/C26H25N5O3S/c1-17-9-11-21(12-10-17)29-23(32)15-31(3)24(33)16-35-26-19(14-27)13-22(18(2)28-26)25(34)30-20-7-5-4-6-8-20/h4-13H,15-16H2,1-3H3,(H,29,32)(H,30,34). The van der Waals surface area contributed by atoms with Crippen molar-refractivity contribution in [1.82, 2.24) is 9.88 Å². The number of aromatic nitrogens is 1. The molecule has 3 aromatic rings. The van der Waals surface area contributed by atoms with E-state index in [2.05, 4.69) is 15.6 Å². The molecule has 0 fully saturated rings. The molecule has 0 aliphatic rings. The third-order valence-corrected chi connectivity index (χ3v) is 6.03. The first-order valence-electron chi connectivity index (χ1n) is 10.8. The van der Waals surface area contributed by atoms with Crippen LogP contribution in [0.25, 0.3) is 0 Å². The van der Waals surface area contributed by atoms with Gasteiger partial charge in [-0.1, -0.05) is 47.7 Å². The summed E-state index contributed by atoms with van der Waals surface area (Å²) in [4.78, 5) is 43.2. The van der Waals surface area contributed by atoms with Crippen LogP contribution in [-0.4, -0.2) is 47.0 Å². The first-order chi connectivity index (χ1) is 16.8. The van der Waals surface area contributed by atoms with Gasteiger partial charge in [0.25, 0.3) is 5.91 Å². The highest BCUT2D eigenvalue weighted by Crippen LogP contribution is 2.24. The highest BCUT2D eigenvalue weighted by atomic mass is 32.2. The lowest BCUT2D eigenvalue weighted by atomic mass is 10.1. The van der Waals surface area contributed by atoms with E-state index < -0.39 is 0 Å². The maximum Gasteiger partial charge on any atom is 0.257 e. The van der Waals surface area contributed by atoms with E-state index >= 15 is 0 Å². The Morgan fingerprint density at radius 2 is 1.66 bits per heavy atom. The highest BCUT2D eigenvalue weighted by molar-refractivity contribution is 8.00. The van der Waals surface area contributed by atoms with E-state index in [0.29, 0.717) is 22.1 Å². The van der Waals surface area contributed by atoms with Gasteiger partial charge in [-0.3, -0.25) is 14.4 Å². The van der Waals surface area contributed by atoms with Crippen molar-refractivity contribution in [1.29, 1.82) is 5.26 Å². The van der Waals surface area contributed by atoms with Crippen molar-refractivity contribution in [3.05, 3.63) is 83.0 Å². The molecule has 0 bridgehead atoms. The molecule has 0 saturated carbocycles. The van der Waals surface area contributed by atoms with Crippen molar-refractivity contribution in [3.63, 3.8) is 0 Å². The van der Waals surface area contributed by atoms with Crippen molar-refractivity contribution in [3.8, 4) is 6.07 Å². The predicted molar refractivity (Wildman–Crippen MR) is 136 cm³/mol. The largest absolute Gasteiger partial charge is 0.336 e. The third kappa shape index (κ3) is 7.16. The second-order valence-electron chi connectivity index (χ2n) is 7.86. The maximum atomic E-state index is 12.7. The number of aryl methyl sites for hydroxylation is 2. The van der Waals surface area contributed by atoms with Crippen LogP contribution in [0.3, 0.4) is 0 Å². The van der Waals surface area contributed by atoms with Gasteiger partial charge in [-0.2, -0.15) is 5.26 Å². The monoisotopic (exact) mass is 487 g/mol. The molecule has 9 heteroatoms. The SMILES string of the molecule is Cc1ccc(NC(=O)CN(C)C(=O)CSc2nc(C)c(C(=O)Nc3ccccc3)cc2C#N)cc1. The van der Waals surface area contributed by atoms with Crippen LogP contribution in [0.4, 0.5) is 11.4 Å². The second kappa shape index (κ2) is 11.8. The van der Waals surface area contributed by atoms with Crippen LogP contribution in [0.5, 0.6) is 0 Å². The summed E-state index contributed by atoms with van der Waals surface area (Å²) in [6.07, 6.45) is 0. The van der Waals surface area contributed by atoms with Gasteiger partial charge in [0.1, 0.15) is 11.1 Å². The number of rotatable bonds is 8. The molecule has 0 radical (unpaired) electrons. The Labute approximate surface area is 208 Å². The number of benzene rings is 2. The van der Waals surface area contributed by atoms with Crippen molar-refractivity contribution in [2.45, 2.75) is 18.9 Å². The number of nitrogens with one attached hydrogen (secondary N) is 2. The average Bonchev–Trinajstić information content (AvgIpc) is 2.84. The van der Waals surface area contributed by atoms with Gasteiger partial charge in [0.2, 0.25) is 11.8 Å². The molecule has 1 heterocycles. The van der Waals surface area contributed by atoms with Crippen LogP contribution in [-0.2, 0) is 9.59 Å². The van der Waals surface area contributed by atoms with Gasteiger partial charge in [0.05, 0.1) is 29.1 Å². The lowest BCUT2D eigenvalue weighted by Gasteiger charge is -2.17. The first-order valence-corrected chi connectivity index (χ1v) is 11.8. The van der Waals surface area contributed by atoms with Crippen LogP contribution in [0.1, 0.15) is 27.2 Å². The number of thioether (sulfide) groups is 1. The number of likely N-dealkylation sites (N-methyl/N-ethyl adjacent to an activating group) is 1. The molecule has 3 amide bonds. The average molecular weight is 488 g/mol. The summed E-state index contributed by atoms with van der Waals surface area (Å²) in [7, 11) is 1.54. The molecular weight excluding hydrogens is 462 g/mol. The van der Waals surface area contributed by atoms with Gasteiger partial charge in [0, 0.05) is 18.4 Å². The van der Waals surface area contributed by atoms with Crippen LogP contribution in [0.2, 0.25) is 0 Å². The summed E-state index contributed by atoms with van der Waals surface area (Å²) in [6, 6.07) is 19.9. The topological polar surface area (TPSA) is 115 Å². The smallest absolute Gasteiger partial charge is 0.257 e. The Morgan fingerprint density at radius 3 is 2.31 bits per heavy atom. The summed E-state index contributed by atoms with van der Waals surface area (Å²) < 4.78 is 0. The lowest BCUT2D eigenvalue weighted by Crippen LogP contribution is -2.36. The molecule has 0 aliphatic carbocycles. The number of nitriles is 1. The molecule has 0 unspecified atom stereocenters. The van der Waals surface area contributed by atoms with E-state index in [9.17, 15) is 19.6 Å². The van der Waals surface area contributed by atoms with E-state index in [0.717, 1.165) is 17.3 Å². The van der Waals surface area contributed by atoms with Crippen molar-refractivity contribution >= 4 is 40.9 Å². The minimum Gasteiger partial charge on any atom is -0.336 e. The van der Waals surface area contributed by atoms with Crippen LogP contribution >= 0.6 is 11.8 Å². The molecule has 1 aromatic heterocycles. The van der Waals surface area contributed by atoms with Crippen LogP contribution in [0.15, 0.2) is 65.7 Å². The summed E-state index contributed by atoms with van der Waals surface area (Å²) in [6.45, 7) is 3.52. The zero-order valence-electron chi connectivity index (χ0n) is 19.7. The molecule has 2 N–H and O–H groups in total. The zero-order chi connectivity index (χ0) is 25.4. The van der Waals surface area contributed by atoms with Crippen LogP contribution < -0.4 is 10.6 Å². The summed E-state index contributed by atoms with van der Waals surface area (Å²) in [5.41, 5.74) is 3.30. The van der Waals surface area contributed by atoms with Crippen molar-refractivity contribution in [2.24, 2.45) is 0 Å². The normalized spacial score (nSPS) is 10.2. The Balaban J connectivity index is 1.60. The fraction of sp³-hybridized carbons (Fsp3) is 0.192. The second-order valence-corrected chi connectivity index (χ2v) is 8.82. The quantitative estimate of drug-likeness (QED) is 0.464. The number of amides is 3. The number of anilines is 2. The molecule has 0 aliphatic heterocycles. The van der Waals surface area contributed by atoms with E-state index in [-0.39, 0.29) is 41.1 Å². The lowest BCUT2D eigenvalue weighted by molar-refractivity contribution is -0.131. The van der Waals surface area contributed by atoms with Crippen molar-refractivity contribution in [2.75, 3.05) is 30.0 Å². The summed E-state index contributed by atoms with van der Waals surface area (Å²) >= 11 is 1.09. The minimum atomic E-state index is -0.371. The molecule has 2 aromatic carbocycles. The zero-order valence-corrected chi connectivity index (χ0v) is 20.5. The first kappa shape index (κ1) is 25.5. The molecule has 35 heavy (non-hydrogen) atoms. The molecule has 0 saturated heterocycles. The third-order valence-electron chi connectivity index (χ3n) is 5.05. The fourth-order valence-corrected chi connectivity index (χ4v) is 4.05. The molecule has 0 spiro atoms. The van der Waals surface area contributed by atoms with E-state index in [1.165, 1.54) is 11.0 Å². The van der Waals surface area contributed by atoms with Gasteiger partial charge in [-0.05, 0) is 44.2 Å². The summed E-state index contributed by atoms with van der Waals surface area (Å²) in [5.74, 6) is -0.978. The van der Waals surface area contributed by atoms with E-state index in [1.807, 2.05) is 31.2 Å². The fourth-order valence-electron chi connectivity index (χ4n) is 3.10. The Bertz CT molecular complexity index is 1270. The number of carbonyl (C=O) groups excluding carboxylic acids is 3. The molecule has 3 rings (SSSR count). The van der Waals surface area contributed by atoms with E-state index in [4.69, 9.17) is 0 Å². The number of para-hydroxylation sites is 1. The summed E-state index contributed by atoms with van der Waals surface area (Å²) in [5, 5.41) is 15.5. The molecule has 0 atom stereocenters. The molecule has 178 valence electrons. The highest BCUT2D eigenvalue weighted by Gasteiger charge is 2.18. The Kier molecular flexibility index (Phi) is 8.59. The number of nitrogens with zero attached hydrogens (tertiary/aromatic N) is 3. The Hall–Kier alpha value is -4.16. The number of pyridine rings is 1. The number of carbonyl (C=O) groups is 3. The van der Waals surface area contributed by atoms with Gasteiger partial charge in [-0.15, -0.1) is 0 Å². The maximum absolute atomic E-state index is 12.7. The van der Waals surface area contributed by atoms with Crippen LogP contribution in [0, 0.1) is 25.2 Å². The van der Waals surface area contributed by atoms with Crippen molar-refractivity contribution < 1.29 is 14.4 Å². The Morgan fingerprint density at radius 1 is 1.00 bits per heavy atom. The number of hydrogen-bond donors (Lipinski definition) is 2. The van der Waals surface area contributed by atoms with Gasteiger partial charge in [-0.25, -0.2) is 4.98 Å².